The number of nitrogens with zero attached hydrogens (tertiary/aromatic N) is 2. The van der Waals surface area contributed by atoms with Crippen molar-refractivity contribution in [2.75, 3.05) is 0 Å². The lowest BCUT2D eigenvalue weighted by Crippen LogP contribution is -2.48. The maximum absolute atomic E-state index is 13.0. The number of rotatable bonds is 6. The lowest BCUT2D eigenvalue weighted by Gasteiger charge is -2.38. The average Bonchev–Trinajstić information content (AvgIpc) is 2.55. The van der Waals surface area contributed by atoms with Crippen LogP contribution in [0.3, 0.4) is 0 Å². The fraction of sp³-hybridized carbons (Fsp3) is 0.278. The molecule has 0 N–H and O–H groups in total. The predicted molar refractivity (Wildman–Crippen MR) is 90.2 cm³/mol. The van der Waals surface area contributed by atoms with Crippen LogP contribution >= 0.6 is 0 Å². The zero-order chi connectivity index (χ0) is 16.8. The molecule has 120 valence electrons. The van der Waals surface area contributed by atoms with E-state index in [1.54, 1.807) is 29.2 Å². The van der Waals surface area contributed by atoms with Crippen molar-refractivity contribution in [2.24, 2.45) is 0 Å². The van der Waals surface area contributed by atoms with E-state index in [1.165, 1.54) is 12.1 Å². The van der Waals surface area contributed by atoms with Crippen LogP contribution in [0.1, 0.15) is 29.6 Å². The summed E-state index contributed by atoms with van der Waals surface area (Å²) in [5, 5.41) is 11.2. The second-order valence-electron chi connectivity index (χ2n) is 5.42. The van der Waals surface area contributed by atoms with Crippen molar-refractivity contribution in [2.45, 2.75) is 31.3 Å². The third kappa shape index (κ3) is 3.56. The van der Waals surface area contributed by atoms with Gasteiger partial charge in [0, 0.05) is 12.1 Å². The molecule has 2 rings (SSSR count). The van der Waals surface area contributed by atoms with E-state index >= 15 is 0 Å². The number of carbonyl (C=O) groups excluding carboxylic acids is 1. The summed E-state index contributed by atoms with van der Waals surface area (Å²) in [7, 11) is 0. The van der Waals surface area contributed by atoms with Crippen LogP contribution in [0.25, 0.3) is 0 Å². The van der Waals surface area contributed by atoms with Crippen LogP contribution in [-0.4, -0.2) is 27.8 Å². The van der Waals surface area contributed by atoms with Gasteiger partial charge in [0.15, 0.2) is 0 Å². The Morgan fingerprint density at radius 2 is 2.00 bits per heavy atom. The van der Waals surface area contributed by atoms with Crippen LogP contribution in [0.2, 0.25) is 0 Å². The quantitative estimate of drug-likeness (QED) is 0.455. The van der Waals surface area contributed by atoms with Gasteiger partial charge in [-0.15, -0.1) is 13.2 Å². The minimum absolute atomic E-state index is 0.0465. The first kappa shape index (κ1) is 16.7. The number of carbonyl (C=O) groups is 1. The largest absolute Gasteiger partial charge is 0.328 e. The number of nitro benzene ring substituents is 1. The predicted octanol–water partition coefficient (Wildman–Crippen LogP) is 3.89. The number of hydrogen-bond acceptors (Lipinski definition) is 3. The molecule has 1 amide bonds. The van der Waals surface area contributed by atoms with Gasteiger partial charge in [-0.2, -0.15) is 0 Å². The highest BCUT2D eigenvalue weighted by Gasteiger charge is 2.33. The Hall–Kier alpha value is -2.69. The van der Waals surface area contributed by atoms with Crippen LogP contribution in [0.15, 0.2) is 61.7 Å². The topological polar surface area (TPSA) is 63.5 Å². The highest BCUT2D eigenvalue weighted by molar-refractivity contribution is 5.98. The maximum atomic E-state index is 13.0. The van der Waals surface area contributed by atoms with Gasteiger partial charge in [0.25, 0.3) is 11.6 Å². The van der Waals surface area contributed by atoms with Gasteiger partial charge in [-0.05, 0) is 25.3 Å². The normalized spacial score (nSPS) is 20.1. The SMILES string of the molecule is C=CC[C@@H]1CC=C[C@H](CC=C)N1C(=O)c1ccccc1[N+](=O)[O-]. The summed E-state index contributed by atoms with van der Waals surface area (Å²) >= 11 is 0. The molecule has 1 heterocycles. The number of amides is 1. The molecule has 1 aliphatic rings. The number of hydrogen-bond donors (Lipinski definition) is 0. The second-order valence-corrected chi connectivity index (χ2v) is 5.42. The highest BCUT2D eigenvalue weighted by atomic mass is 16.6. The summed E-state index contributed by atoms with van der Waals surface area (Å²) in [5.41, 5.74) is -0.0438. The molecule has 0 aromatic heterocycles. The van der Waals surface area contributed by atoms with E-state index in [0.29, 0.717) is 19.3 Å². The summed E-state index contributed by atoms with van der Waals surface area (Å²) in [6, 6.07) is 5.89. The van der Waals surface area contributed by atoms with Crippen LogP contribution < -0.4 is 0 Å². The molecule has 2 atom stereocenters. The van der Waals surface area contributed by atoms with Crippen molar-refractivity contribution in [1.29, 1.82) is 0 Å². The van der Waals surface area contributed by atoms with E-state index in [4.69, 9.17) is 0 Å². The standard InChI is InChI=1S/C18H20N2O3/c1-3-8-14-10-7-11-15(9-4-2)19(14)18(21)16-12-5-6-13-17(16)20(22)23/h3-7,10,12-15H,1-2,8-9,11H2/t14-,15+/m0/s1. The molecule has 0 fully saturated rings. The third-order valence-corrected chi connectivity index (χ3v) is 3.93. The Labute approximate surface area is 135 Å². The van der Waals surface area contributed by atoms with Gasteiger partial charge in [-0.25, -0.2) is 0 Å². The van der Waals surface area contributed by atoms with Gasteiger partial charge in [-0.3, -0.25) is 14.9 Å². The van der Waals surface area contributed by atoms with Crippen molar-refractivity contribution in [3.8, 4) is 0 Å². The molecule has 5 nitrogen and oxygen atoms in total. The molecule has 5 heteroatoms. The maximum Gasteiger partial charge on any atom is 0.282 e. The monoisotopic (exact) mass is 312 g/mol. The third-order valence-electron chi connectivity index (χ3n) is 3.93. The first-order valence-corrected chi connectivity index (χ1v) is 7.54. The molecule has 0 spiro atoms. The van der Waals surface area contributed by atoms with Gasteiger partial charge in [-0.1, -0.05) is 36.4 Å². The van der Waals surface area contributed by atoms with E-state index < -0.39 is 4.92 Å². The Morgan fingerprint density at radius 1 is 1.30 bits per heavy atom. The first-order chi connectivity index (χ1) is 11.1. The molecule has 0 radical (unpaired) electrons. The minimum atomic E-state index is -0.516. The zero-order valence-corrected chi connectivity index (χ0v) is 12.9. The van der Waals surface area contributed by atoms with Crippen molar-refractivity contribution in [1.82, 2.24) is 4.90 Å². The molecule has 1 aliphatic heterocycles. The Balaban J connectivity index is 2.43. The lowest BCUT2D eigenvalue weighted by atomic mass is 9.96. The van der Waals surface area contributed by atoms with Gasteiger partial charge < -0.3 is 4.90 Å². The van der Waals surface area contributed by atoms with E-state index in [2.05, 4.69) is 13.2 Å². The van der Waals surface area contributed by atoms with Gasteiger partial charge in [0.1, 0.15) is 5.56 Å². The molecule has 0 saturated heterocycles. The van der Waals surface area contributed by atoms with Gasteiger partial charge in [0.05, 0.1) is 11.0 Å². The molecular weight excluding hydrogens is 292 g/mol. The smallest absolute Gasteiger partial charge is 0.282 e. The average molecular weight is 312 g/mol. The summed E-state index contributed by atoms with van der Waals surface area (Å²) in [6.45, 7) is 7.49. The fourth-order valence-electron chi connectivity index (χ4n) is 2.90. The summed E-state index contributed by atoms with van der Waals surface area (Å²) in [5.74, 6) is -0.319. The molecule has 0 bridgehead atoms. The van der Waals surface area contributed by atoms with Crippen molar-refractivity contribution in [3.63, 3.8) is 0 Å². The van der Waals surface area contributed by atoms with Crippen molar-refractivity contribution >= 4 is 11.6 Å². The highest BCUT2D eigenvalue weighted by Crippen LogP contribution is 2.28. The molecule has 1 aromatic rings. The van der Waals surface area contributed by atoms with Crippen LogP contribution in [0.5, 0.6) is 0 Å². The van der Waals surface area contributed by atoms with E-state index in [1.807, 2.05) is 12.2 Å². The molecule has 0 saturated carbocycles. The lowest BCUT2D eigenvalue weighted by molar-refractivity contribution is -0.385. The Bertz CT molecular complexity index is 651. The van der Waals surface area contributed by atoms with Crippen LogP contribution in [-0.2, 0) is 0 Å². The minimum Gasteiger partial charge on any atom is -0.328 e. The molecule has 23 heavy (non-hydrogen) atoms. The second kappa shape index (κ2) is 7.54. The molecule has 1 aromatic carbocycles. The first-order valence-electron chi connectivity index (χ1n) is 7.54. The van der Waals surface area contributed by atoms with Crippen molar-refractivity contribution in [3.05, 3.63) is 77.4 Å². The molecule has 0 aliphatic carbocycles. The van der Waals surface area contributed by atoms with Gasteiger partial charge in [0.2, 0.25) is 0 Å². The summed E-state index contributed by atoms with van der Waals surface area (Å²) < 4.78 is 0. The van der Waals surface area contributed by atoms with E-state index in [9.17, 15) is 14.9 Å². The van der Waals surface area contributed by atoms with Crippen LogP contribution in [0.4, 0.5) is 5.69 Å². The fourth-order valence-corrected chi connectivity index (χ4v) is 2.90. The van der Waals surface area contributed by atoms with Gasteiger partial charge >= 0.3 is 0 Å². The number of benzene rings is 1. The Morgan fingerprint density at radius 3 is 2.65 bits per heavy atom. The van der Waals surface area contributed by atoms with E-state index in [0.717, 1.165) is 0 Å². The summed E-state index contributed by atoms with van der Waals surface area (Å²) in [6.07, 6.45) is 9.51. The Kier molecular flexibility index (Phi) is 5.46. The number of para-hydroxylation sites is 1. The molecule has 0 unspecified atom stereocenters. The van der Waals surface area contributed by atoms with Crippen molar-refractivity contribution < 1.29 is 9.72 Å². The van der Waals surface area contributed by atoms with Crippen LogP contribution in [0, 0.1) is 10.1 Å². The number of nitro groups is 1. The molecular formula is C18H20N2O3. The zero-order valence-electron chi connectivity index (χ0n) is 12.9. The van der Waals surface area contributed by atoms with E-state index in [-0.39, 0.29) is 29.2 Å². The summed E-state index contributed by atoms with van der Waals surface area (Å²) in [4.78, 5) is 25.4.